The van der Waals surface area contributed by atoms with Crippen molar-refractivity contribution < 1.29 is 9.53 Å². The third kappa shape index (κ3) is 11.7. The molecule has 0 heterocycles. The van der Waals surface area contributed by atoms with Gasteiger partial charge in [-0.25, -0.2) is 4.79 Å². The first-order valence-electron chi connectivity index (χ1n) is 2.22. The van der Waals surface area contributed by atoms with Gasteiger partial charge in [0.25, 0.3) is 0 Å². The topological polar surface area (TPSA) is 38.3 Å². The molecule has 11 heavy (non-hydrogen) atoms. The molecule has 0 aliphatic carbocycles. The first-order chi connectivity index (χ1) is 4.52. The fourth-order valence-corrected chi connectivity index (χ4v) is 0.637. The summed E-state index contributed by atoms with van der Waals surface area (Å²) in [6.07, 6.45) is -0.648. The van der Waals surface area contributed by atoms with Crippen LogP contribution in [-0.2, 0) is 4.74 Å². The quantitative estimate of drug-likeness (QED) is 0.275. The molecular formula is C3H8NNaO2S4. The number of carbonyl (C=O) groups excluding carboxylic acids is 1. The van der Waals surface area contributed by atoms with Gasteiger partial charge in [0.15, 0.2) is 4.77 Å². The van der Waals surface area contributed by atoms with Crippen LogP contribution in [0.2, 0.25) is 0 Å². The first-order valence-corrected chi connectivity index (χ1v) is 4.28. The summed E-state index contributed by atoms with van der Waals surface area (Å²) in [6, 6.07) is 0. The molecule has 0 spiro atoms. The molecule has 8 heteroatoms. The third-order valence-corrected chi connectivity index (χ3v) is 0.928. The van der Waals surface area contributed by atoms with Crippen LogP contribution in [0.5, 0.6) is 0 Å². The summed E-state index contributed by atoms with van der Waals surface area (Å²) < 4.78 is 3.19. The number of amides is 1. The zero-order valence-electron chi connectivity index (χ0n) is 4.76. The summed E-state index contributed by atoms with van der Waals surface area (Å²) in [5.74, 6) is 0. The summed E-state index contributed by atoms with van der Waals surface area (Å²) in [7, 11) is 0. The predicted molar refractivity (Wildman–Crippen MR) is 60.3 cm³/mol. The summed E-state index contributed by atoms with van der Waals surface area (Å²) in [5, 5.41) is 2.24. The Morgan fingerprint density at radius 3 is 2.00 bits per heavy atom. The Morgan fingerprint density at radius 2 is 1.73 bits per heavy atom. The second-order valence-electron chi connectivity index (χ2n) is 1.25. The standard InChI is InChI=1S/C3H7NO2S4.Na.H/c5-1(4-2(7)8)6-3(9)10;;/h2-3,7-10H,(H,4,5);;. The number of hydrogen-bond donors (Lipinski definition) is 5. The molecule has 0 aliphatic rings. The number of thiol groups is 4. The first kappa shape index (κ1) is 15.2. The molecule has 0 radical (unpaired) electrons. The van der Waals surface area contributed by atoms with Crippen molar-refractivity contribution in [3.05, 3.63) is 0 Å². The normalized spacial score (nSPS) is 9.27. The van der Waals surface area contributed by atoms with E-state index in [1.165, 1.54) is 0 Å². The summed E-state index contributed by atoms with van der Waals surface area (Å²) in [5.41, 5.74) is 0. The van der Waals surface area contributed by atoms with E-state index in [-0.39, 0.29) is 29.6 Å². The summed E-state index contributed by atoms with van der Waals surface area (Å²) in [4.78, 5) is 10.5. The monoisotopic (exact) mass is 241 g/mol. The predicted octanol–water partition coefficient (Wildman–Crippen LogP) is 0.350. The maximum absolute atomic E-state index is 10.5. The fourth-order valence-electron chi connectivity index (χ4n) is 0.235. The molecule has 0 aromatic carbocycles. The van der Waals surface area contributed by atoms with Crippen LogP contribution in [0.3, 0.4) is 0 Å². The van der Waals surface area contributed by atoms with Crippen LogP contribution < -0.4 is 5.32 Å². The van der Waals surface area contributed by atoms with Gasteiger partial charge in [0, 0.05) is 0 Å². The number of hydrogen-bond acceptors (Lipinski definition) is 6. The van der Waals surface area contributed by atoms with Crippen LogP contribution in [0.25, 0.3) is 0 Å². The molecule has 0 aliphatic heterocycles. The number of ether oxygens (including phenoxy) is 1. The molecule has 1 amide bonds. The maximum atomic E-state index is 10.5. The van der Waals surface area contributed by atoms with Crippen molar-refractivity contribution in [2.45, 2.75) is 9.47 Å². The van der Waals surface area contributed by atoms with E-state index in [4.69, 9.17) is 0 Å². The van der Waals surface area contributed by atoms with E-state index < -0.39 is 15.6 Å². The number of carbonyl (C=O) groups is 1. The van der Waals surface area contributed by atoms with Gasteiger partial charge in [-0.2, -0.15) is 0 Å². The zero-order valence-corrected chi connectivity index (χ0v) is 8.34. The molecule has 0 rings (SSSR count). The Balaban J connectivity index is 0. The molecule has 0 bridgehead atoms. The van der Waals surface area contributed by atoms with Crippen molar-refractivity contribution in [3.63, 3.8) is 0 Å². The Bertz CT molecular complexity index is 110. The van der Waals surface area contributed by atoms with E-state index in [9.17, 15) is 4.79 Å². The van der Waals surface area contributed by atoms with Crippen molar-refractivity contribution in [2.75, 3.05) is 0 Å². The molecule has 0 aromatic rings. The van der Waals surface area contributed by atoms with Gasteiger partial charge in [-0.15, -0.1) is 50.5 Å². The minimum atomic E-state index is -0.722. The van der Waals surface area contributed by atoms with Gasteiger partial charge in [0.1, 0.15) is 4.71 Å². The van der Waals surface area contributed by atoms with Gasteiger partial charge in [-0.3, -0.25) is 0 Å². The minimum absolute atomic E-state index is 0. The van der Waals surface area contributed by atoms with Crippen molar-refractivity contribution in [2.24, 2.45) is 0 Å². The molecule has 0 saturated carbocycles. The molecular weight excluding hydrogens is 233 g/mol. The van der Waals surface area contributed by atoms with Gasteiger partial charge < -0.3 is 10.1 Å². The van der Waals surface area contributed by atoms with Crippen molar-refractivity contribution in [3.8, 4) is 0 Å². The van der Waals surface area contributed by atoms with E-state index in [2.05, 4.69) is 60.6 Å². The number of alkyl carbamates (subject to hydrolysis) is 1. The van der Waals surface area contributed by atoms with Gasteiger partial charge >= 0.3 is 35.7 Å². The average Bonchev–Trinajstić information content (AvgIpc) is 1.58. The molecule has 0 saturated heterocycles. The fraction of sp³-hybridized carbons (Fsp3) is 0.667. The van der Waals surface area contributed by atoms with Gasteiger partial charge in [0.05, 0.1) is 0 Å². The van der Waals surface area contributed by atoms with Crippen molar-refractivity contribution in [1.29, 1.82) is 0 Å². The summed E-state index contributed by atoms with van der Waals surface area (Å²) in [6.45, 7) is 0. The Kier molecular flexibility index (Phi) is 11.4. The van der Waals surface area contributed by atoms with Crippen LogP contribution in [0.4, 0.5) is 4.79 Å². The van der Waals surface area contributed by atoms with Crippen LogP contribution in [0.1, 0.15) is 0 Å². The van der Waals surface area contributed by atoms with Crippen molar-refractivity contribution in [1.82, 2.24) is 5.32 Å². The SMILES string of the molecule is O=C(NC(S)S)OC(S)S.[NaH]. The summed E-state index contributed by atoms with van der Waals surface area (Å²) >= 11 is 14.9. The second-order valence-corrected chi connectivity index (χ2v) is 4.04. The van der Waals surface area contributed by atoms with Crippen LogP contribution in [-0.4, -0.2) is 45.1 Å². The third-order valence-electron chi connectivity index (χ3n) is 0.459. The van der Waals surface area contributed by atoms with Crippen LogP contribution in [0.15, 0.2) is 0 Å². The number of rotatable bonds is 2. The van der Waals surface area contributed by atoms with Crippen LogP contribution >= 0.6 is 50.5 Å². The van der Waals surface area contributed by atoms with E-state index in [0.717, 1.165) is 0 Å². The molecule has 1 N–H and O–H groups in total. The molecule has 0 aromatic heterocycles. The molecule has 0 unspecified atom stereocenters. The Morgan fingerprint density at radius 1 is 1.27 bits per heavy atom. The molecule has 0 atom stereocenters. The second kappa shape index (κ2) is 8.28. The zero-order chi connectivity index (χ0) is 8.15. The van der Waals surface area contributed by atoms with Crippen LogP contribution in [0, 0.1) is 0 Å². The average molecular weight is 241 g/mol. The molecule has 62 valence electrons. The van der Waals surface area contributed by atoms with Gasteiger partial charge in [-0.05, 0) is 0 Å². The Hall–Kier alpha value is 1.67. The number of nitrogens with one attached hydrogen (secondary N) is 1. The van der Waals surface area contributed by atoms with Gasteiger partial charge in [-0.1, -0.05) is 0 Å². The van der Waals surface area contributed by atoms with E-state index in [1.807, 2.05) is 0 Å². The van der Waals surface area contributed by atoms with E-state index in [1.54, 1.807) is 0 Å². The Labute approximate surface area is 109 Å². The molecule has 3 nitrogen and oxygen atoms in total. The molecule has 0 fully saturated rings. The van der Waals surface area contributed by atoms with Crippen molar-refractivity contribution >= 4 is 86.2 Å². The van der Waals surface area contributed by atoms with E-state index in [0.29, 0.717) is 0 Å². The van der Waals surface area contributed by atoms with E-state index >= 15 is 0 Å². The van der Waals surface area contributed by atoms with Gasteiger partial charge in [0.2, 0.25) is 0 Å².